The molecule has 0 unspecified atom stereocenters. The van der Waals surface area contributed by atoms with Gasteiger partial charge in [-0.25, -0.2) is 4.79 Å². The Morgan fingerprint density at radius 1 is 1.27 bits per heavy atom. The van der Waals surface area contributed by atoms with Crippen LogP contribution in [0.5, 0.6) is 0 Å². The molecule has 0 saturated carbocycles. The highest BCUT2D eigenvalue weighted by molar-refractivity contribution is 6.74. The van der Waals surface area contributed by atoms with E-state index >= 15 is 0 Å². The molecule has 1 heterocycles. The number of hydrogen-bond acceptors (Lipinski definition) is 4. The van der Waals surface area contributed by atoms with E-state index in [1.54, 1.807) is 4.90 Å². The fraction of sp³-hybridized carbons (Fsp3) is 0.650. The number of piperidine rings is 1. The van der Waals surface area contributed by atoms with Crippen LogP contribution < -0.4 is 0 Å². The summed E-state index contributed by atoms with van der Waals surface area (Å²) in [5, 5.41) is 10.0. The number of rotatable bonds is 5. The van der Waals surface area contributed by atoms with E-state index in [0.717, 1.165) is 18.4 Å². The number of amides is 1. The highest BCUT2D eigenvalue weighted by Crippen LogP contribution is 2.39. The Hall–Kier alpha value is -1.37. The molecule has 0 spiro atoms. The van der Waals surface area contributed by atoms with Crippen LogP contribution in [-0.2, 0) is 15.8 Å². The van der Waals surface area contributed by atoms with Crippen molar-refractivity contribution in [2.45, 2.75) is 70.5 Å². The third-order valence-corrected chi connectivity index (χ3v) is 10.1. The summed E-state index contributed by atoms with van der Waals surface area (Å²) in [5.74, 6) is 0. The molecule has 0 aliphatic carbocycles. The Balaban J connectivity index is 2.03. The first-order valence-corrected chi connectivity index (χ1v) is 12.3. The molecular formula is C20H33NO4Si. The van der Waals surface area contributed by atoms with E-state index in [-0.39, 0.29) is 36.5 Å². The molecule has 0 aromatic heterocycles. The van der Waals surface area contributed by atoms with Gasteiger partial charge in [-0.05, 0) is 36.5 Å². The van der Waals surface area contributed by atoms with Crippen molar-refractivity contribution in [1.82, 2.24) is 4.90 Å². The molecule has 1 aliphatic heterocycles. The summed E-state index contributed by atoms with van der Waals surface area (Å²) < 4.78 is 12.0. The van der Waals surface area contributed by atoms with Crippen LogP contribution in [0.2, 0.25) is 18.1 Å². The third kappa shape index (κ3) is 5.08. The average Bonchev–Trinajstić information content (AvgIpc) is 2.59. The van der Waals surface area contributed by atoms with Gasteiger partial charge in [0.25, 0.3) is 0 Å². The number of benzene rings is 1. The highest BCUT2D eigenvalue weighted by atomic mass is 28.4. The van der Waals surface area contributed by atoms with Gasteiger partial charge in [0.2, 0.25) is 0 Å². The summed E-state index contributed by atoms with van der Waals surface area (Å²) >= 11 is 0. The molecule has 0 radical (unpaired) electrons. The number of aliphatic hydroxyl groups is 1. The fourth-order valence-electron chi connectivity index (χ4n) is 2.96. The average molecular weight is 380 g/mol. The number of likely N-dealkylation sites (tertiary alicyclic amines) is 1. The Kier molecular flexibility index (Phi) is 6.88. The zero-order chi connectivity index (χ0) is 19.4. The summed E-state index contributed by atoms with van der Waals surface area (Å²) in [6.45, 7) is 11.7. The van der Waals surface area contributed by atoms with Gasteiger partial charge in [0.15, 0.2) is 8.32 Å². The second-order valence-corrected chi connectivity index (χ2v) is 13.3. The fourth-order valence-corrected chi connectivity index (χ4v) is 4.34. The maximum absolute atomic E-state index is 12.6. The van der Waals surface area contributed by atoms with Crippen LogP contribution in [0.4, 0.5) is 4.79 Å². The van der Waals surface area contributed by atoms with Crippen LogP contribution in [-0.4, -0.2) is 49.7 Å². The minimum Gasteiger partial charge on any atom is -0.445 e. The minimum absolute atomic E-state index is 0.0864. The van der Waals surface area contributed by atoms with Crippen molar-refractivity contribution < 1.29 is 19.1 Å². The second-order valence-electron chi connectivity index (χ2n) is 8.54. The van der Waals surface area contributed by atoms with Crippen molar-refractivity contribution in [1.29, 1.82) is 0 Å². The van der Waals surface area contributed by atoms with Gasteiger partial charge in [-0.1, -0.05) is 51.1 Å². The molecule has 1 aromatic carbocycles. The predicted molar refractivity (Wildman–Crippen MR) is 106 cm³/mol. The smallest absolute Gasteiger partial charge is 0.410 e. The standard InChI is InChI=1S/C20H33NO4Si/c1-20(2,3)26(4,5)25-18-12-9-13-21(17(18)14-22)19(23)24-15-16-10-7-6-8-11-16/h6-8,10-11,17-18,22H,9,12-15H2,1-5H3/t17-,18+/m1/s1. The lowest BCUT2D eigenvalue weighted by molar-refractivity contribution is -0.0121. The van der Waals surface area contributed by atoms with Crippen LogP contribution >= 0.6 is 0 Å². The van der Waals surface area contributed by atoms with Crippen molar-refractivity contribution in [2.75, 3.05) is 13.2 Å². The molecule has 2 rings (SSSR count). The molecule has 1 N–H and O–H groups in total. The number of nitrogens with zero attached hydrogens (tertiary/aromatic N) is 1. The van der Waals surface area contributed by atoms with Crippen molar-refractivity contribution in [3.63, 3.8) is 0 Å². The Labute approximate surface area is 158 Å². The van der Waals surface area contributed by atoms with Gasteiger partial charge in [-0.15, -0.1) is 0 Å². The normalized spacial score (nSPS) is 21.5. The predicted octanol–water partition coefficient (Wildman–Crippen LogP) is 4.17. The summed E-state index contributed by atoms with van der Waals surface area (Å²) in [6.07, 6.45) is 1.20. The molecule has 0 bridgehead atoms. The van der Waals surface area contributed by atoms with E-state index < -0.39 is 8.32 Å². The monoisotopic (exact) mass is 379 g/mol. The van der Waals surface area contributed by atoms with Crippen molar-refractivity contribution >= 4 is 14.4 Å². The van der Waals surface area contributed by atoms with Crippen molar-refractivity contribution in [3.05, 3.63) is 35.9 Å². The lowest BCUT2D eigenvalue weighted by Crippen LogP contribution is -2.57. The summed E-state index contributed by atoms with van der Waals surface area (Å²) in [4.78, 5) is 14.2. The number of ether oxygens (including phenoxy) is 1. The first-order chi connectivity index (χ1) is 12.2. The molecule has 5 nitrogen and oxygen atoms in total. The minimum atomic E-state index is -1.98. The number of aliphatic hydroxyl groups excluding tert-OH is 1. The SMILES string of the molecule is CC(C)(C)[Si](C)(C)O[C@H]1CCCN(C(=O)OCc2ccccc2)[C@@H]1CO. The van der Waals surface area contributed by atoms with Crippen molar-refractivity contribution in [3.8, 4) is 0 Å². The molecule has 1 fully saturated rings. The van der Waals surface area contributed by atoms with Crippen LogP contribution in [0.1, 0.15) is 39.2 Å². The van der Waals surface area contributed by atoms with E-state index in [1.165, 1.54) is 0 Å². The maximum atomic E-state index is 12.6. The van der Waals surface area contributed by atoms with Gasteiger partial charge in [0.1, 0.15) is 6.61 Å². The molecule has 1 amide bonds. The lowest BCUT2D eigenvalue weighted by Gasteiger charge is -2.45. The zero-order valence-electron chi connectivity index (χ0n) is 16.7. The second kappa shape index (κ2) is 8.54. The Morgan fingerprint density at radius 2 is 1.92 bits per heavy atom. The molecular weight excluding hydrogens is 346 g/mol. The molecule has 26 heavy (non-hydrogen) atoms. The van der Waals surface area contributed by atoms with Crippen LogP contribution in [0.15, 0.2) is 30.3 Å². The van der Waals surface area contributed by atoms with E-state index in [1.807, 2.05) is 30.3 Å². The first-order valence-electron chi connectivity index (χ1n) is 9.42. The largest absolute Gasteiger partial charge is 0.445 e. The molecule has 146 valence electrons. The van der Waals surface area contributed by atoms with E-state index in [2.05, 4.69) is 33.9 Å². The summed E-state index contributed by atoms with van der Waals surface area (Å²) in [5.41, 5.74) is 0.951. The van der Waals surface area contributed by atoms with Gasteiger partial charge in [0.05, 0.1) is 18.8 Å². The van der Waals surface area contributed by atoms with Gasteiger partial charge in [0, 0.05) is 6.54 Å². The van der Waals surface area contributed by atoms with E-state index in [0.29, 0.717) is 6.54 Å². The van der Waals surface area contributed by atoms with Gasteiger partial charge in [-0.2, -0.15) is 0 Å². The van der Waals surface area contributed by atoms with Crippen LogP contribution in [0.25, 0.3) is 0 Å². The van der Waals surface area contributed by atoms with E-state index in [4.69, 9.17) is 9.16 Å². The Bertz CT molecular complexity index is 585. The topological polar surface area (TPSA) is 59.0 Å². The zero-order valence-corrected chi connectivity index (χ0v) is 17.7. The molecule has 6 heteroatoms. The first kappa shape index (κ1) is 20.9. The van der Waals surface area contributed by atoms with Crippen LogP contribution in [0.3, 0.4) is 0 Å². The molecule has 1 aromatic rings. The van der Waals surface area contributed by atoms with Gasteiger partial charge < -0.3 is 19.2 Å². The van der Waals surface area contributed by atoms with E-state index in [9.17, 15) is 9.90 Å². The highest BCUT2D eigenvalue weighted by Gasteiger charge is 2.43. The summed E-state index contributed by atoms with van der Waals surface area (Å²) in [7, 11) is -1.98. The lowest BCUT2D eigenvalue weighted by atomic mass is 10.0. The summed E-state index contributed by atoms with van der Waals surface area (Å²) in [6, 6.07) is 9.28. The maximum Gasteiger partial charge on any atom is 0.410 e. The number of carbonyl (C=O) groups is 1. The van der Waals surface area contributed by atoms with Crippen molar-refractivity contribution in [2.24, 2.45) is 0 Å². The van der Waals surface area contributed by atoms with Gasteiger partial charge in [-0.3, -0.25) is 0 Å². The molecule has 1 saturated heterocycles. The molecule has 2 atom stereocenters. The third-order valence-electron chi connectivity index (χ3n) is 5.60. The van der Waals surface area contributed by atoms with Gasteiger partial charge >= 0.3 is 6.09 Å². The van der Waals surface area contributed by atoms with Crippen LogP contribution in [0, 0.1) is 0 Å². The number of carbonyl (C=O) groups excluding carboxylic acids is 1. The Morgan fingerprint density at radius 3 is 2.50 bits per heavy atom. The quantitative estimate of drug-likeness (QED) is 0.780. The number of hydrogen-bond donors (Lipinski definition) is 1. The molecule has 1 aliphatic rings.